The first-order valence-corrected chi connectivity index (χ1v) is 8.27. The number of nitrogens with zero attached hydrogens (tertiary/aromatic N) is 5. The first-order chi connectivity index (χ1) is 12.7. The molecule has 2 aromatic heterocycles. The number of nitriles is 2. The number of benzene rings is 1. The predicted molar refractivity (Wildman–Crippen MR) is 91.1 cm³/mol. The number of piperidine rings is 1. The van der Waals surface area contributed by atoms with Gasteiger partial charge in [0.2, 0.25) is 11.6 Å². The van der Waals surface area contributed by atoms with Crippen LogP contribution in [0.2, 0.25) is 0 Å². The van der Waals surface area contributed by atoms with Gasteiger partial charge in [-0.3, -0.25) is 4.90 Å². The molecule has 0 amide bonds. The first-order valence-electron chi connectivity index (χ1n) is 8.27. The van der Waals surface area contributed by atoms with E-state index in [1.54, 1.807) is 30.5 Å². The molecule has 1 aliphatic heterocycles. The van der Waals surface area contributed by atoms with Gasteiger partial charge >= 0.3 is 0 Å². The van der Waals surface area contributed by atoms with Crippen molar-refractivity contribution in [3.8, 4) is 23.4 Å². The molecule has 1 aliphatic rings. The Morgan fingerprint density at radius 1 is 1.23 bits per heavy atom. The van der Waals surface area contributed by atoms with Crippen LogP contribution in [0.25, 0.3) is 22.4 Å². The molecular formula is C19H14FN5O. The lowest BCUT2D eigenvalue weighted by atomic mass is 10.0. The van der Waals surface area contributed by atoms with Gasteiger partial charge in [0.25, 0.3) is 0 Å². The number of rotatable bonds is 2. The summed E-state index contributed by atoms with van der Waals surface area (Å²) >= 11 is 0. The molecule has 2 atom stereocenters. The van der Waals surface area contributed by atoms with Gasteiger partial charge in [0.05, 0.1) is 11.6 Å². The second kappa shape index (κ2) is 6.45. The van der Waals surface area contributed by atoms with Crippen molar-refractivity contribution < 1.29 is 8.81 Å². The third-order valence-electron chi connectivity index (χ3n) is 4.53. The normalized spacial score (nSPS) is 19.9. The maximum Gasteiger partial charge on any atom is 0.247 e. The molecule has 7 heteroatoms. The lowest BCUT2D eigenvalue weighted by Gasteiger charge is -2.31. The topological polar surface area (TPSA) is 89.7 Å². The highest BCUT2D eigenvalue weighted by atomic mass is 19.1. The van der Waals surface area contributed by atoms with E-state index in [4.69, 9.17) is 9.68 Å². The van der Waals surface area contributed by atoms with Crippen LogP contribution in [0.15, 0.2) is 40.9 Å². The zero-order valence-electron chi connectivity index (χ0n) is 13.8. The number of hydrogen-bond acceptors (Lipinski definition) is 6. The van der Waals surface area contributed by atoms with Gasteiger partial charge in [-0.25, -0.2) is 14.4 Å². The number of halogens is 1. The number of aromatic nitrogens is 2. The minimum absolute atomic E-state index is 0.171. The molecule has 4 rings (SSSR count). The summed E-state index contributed by atoms with van der Waals surface area (Å²) in [6.07, 6.45) is 3.45. The van der Waals surface area contributed by atoms with Gasteiger partial charge in [-0.15, -0.1) is 0 Å². The highest BCUT2D eigenvalue weighted by Gasteiger charge is 2.36. The van der Waals surface area contributed by atoms with Crippen LogP contribution in [0, 0.1) is 22.8 Å². The summed E-state index contributed by atoms with van der Waals surface area (Å²) in [5.74, 6) is 0.171. The molecule has 0 radical (unpaired) electrons. The minimum Gasteiger partial charge on any atom is -0.420 e. The average molecular weight is 347 g/mol. The van der Waals surface area contributed by atoms with Crippen LogP contribution in [0.1, 0.15) is 30.3 Å². The van der Waals surface area contributed by atoms with E-state index in [-0.39, 0.29) is 5.89 Å². The van der Waals surface area contributed by atoms with Gasteiger partial charge in [0, 0.05) is 18.3 Å². The van der Waals surface area contributed by atoms with E-state index in [0.717, 1.165) is 11.1 Å². The highest BCUT2D eigenvalue weighted by molar-refractivity contribution is 5.77. The van der Waals surface area contributed by atoms with Gasteiger partial charge in [-0.2, -0.15) is 10.5 Å². The largest absolute Gasteiger partial charge is 0.420 e. The molecule has 2 unspecified atom stereocenters. The van der Waals surface area contributed by atoms with Crippen molar-refractivity contribution in [2.24, 2.45) is 0 Å². The summed E-state index contributed by atoms with van der Waals surface area (Å²) in [5, 5.41) is 18.3. The van der Waals surface area contributed by atoms with Crippen LogP contribution in [-0.2, 0) is 0 Å². The standard InChI is InChI=1S/C19H14FN5O/c20-15-5-2-6-25(11-22)17(15)19-24-16-8-14(10-23-18(16)26-19)13-4-1-3-12(7-13)9-21/h1,3-4,7-8,10,15,17H,2,5-6H2. The Kier molecular flexibility index (Phi) is 3.98. The molecular weight excluding hydrogens is 333 g/mol. The molecule has 0 spiro atoms. The number of oxazole rings is 1. The fourth-order valence-corrected chi connectivity index (χ4v) is 3.24. The summed E-state index contributed by atoms with van der Waals surface area (Å²) in [5.41, 5.74) is 2.97. The van der Waals surface area contributed by atoms with Crippen molar-refractivity contribution in [1.82, 2.24) is 14.9 Å². The second-order valence-electron chi connectivity index (χ2n) is 6.19. The monoisotopic (exact) mass is 347 g/mol. The molecule has 3 aromatic rings. The fraction of sp³-hybridized carbons (Fsp3) is 0.263. The first kappa shape index (κ1) is 16.0. The van der Waals surface area contributed by atoms with Crippen LogP contribution in [-0.4, -0.2) is 27.6 Å². The Balaban J connectivity index is 1.74. The van der Waals surface area contributed by atoms with Crippen LogP contribution >= 0.6 is 0 Å². The number of hydrogen-bond donors (Lipinski definition) is 0. The third kappa shape index (κ3) is 2.74. The predicted octanol–water partition coefficient (Wildman–Crippen LogP) is 3.72. The fourth-order valence-electron chi connectivity index (χ4n) is 3.24. The van der Waals surface area contributed by atoms with E-state index in [1.165, 1.54) is 4.90 Å². The summed E-state index contributed by atoms with van der Waals surface area (Å²) < 4.78 is 20.0. The lowest BCUT2D eigenvalue weighted by Crippen LogP contribution is -2.37. The van der Waals surface area contributed by atoms with Crippen molar-refractivity contribution in [2.45, 2.75) is 25.1 Å². The number of likely N-dealkylation sites (tertiary alicyclic amines) is 1. The second-order valence-corrected chi connectivity index (χ2v) is 6.19. The highest BCUT2D eigenvalue weighted by Crippen LogP contribution is 2.34. The van der Waals surface area contributed by atoms with Gasteiger partial charge in [0.15, 0.2) is 6.19 Å². The molecule has 3 heterocycles. The van der Waals surface area contributed by atoms with Crippen molar-refractivity contribution in [1.29, 1.82) is 10.5 Å². The van der Waals surface area contributed by atoms with Crippen molar-refractivity contribution in [3.63, 3.8) is 0 Å². The third-order valence-corrected chi connectivity index (χ3v) is 4.53. The van der Waals surface area contributed by atoms with Crippen molar-refractivity contribution in [3.05, 3.63) is 48.0 Å². The maximum atomic E-state index is 14.4. The molecule has 6 nitrogen and oxygen atoms in total. The number of alkyl halides is 1. The van der Waals surface area contributed by atoms with Gasteiger partial charge in [0.1, 0.15) is 17.7 Å². The van der Waals surface area contributed by atoms with Crippen LogP contribution in [0.4, 0.5) is 4.39 Å². The molecule has 128 valence electrons. The molecule has 1 aromatic carbocycles. The van der Waals surface area contributed by atoms with Crippen molar-refractivity contribution >= 4 is 11.2 Å². The lowest BCUT2D eigenvalue weighted by molar-refractivity contribution is 0.0914. The zero-order chi connectivity index (χ0) is 18.1. The Morgan fingerprint density at radius 3 is 2.92 bits per heavy atom. The smallest absolute Gasteiger partial charge is 0.247 e. The Hall–Kier alpha value is -3.45. The molecule has 0 N–H and O–H groups in total. The quantitative estimate of drug-likeness (QED) is 0.656. The number of fused-ring (bicyclic) bond motifs is 1. The van der Waals surface area contributed by atoms with Gasteiger partial charge in [-0.1, -0.05) is 12.1 Å². The summed E-state index contributed by atoms with van der Waals surface area (Å²) in [4.78, 5) is 10.0. The van der Waals surface area contributed by atoms with Gasteiger partial charge < -0.3 is 4.42 Å². The Morgan fingerprint density at radius 2 is 2.12 bits per heavy atom. The zero-order valence-corrected chi connectivity index (χ0v) is 13.8. The van der Waals surface area contributed by atoms with E-state index >= 15 is 0 Å². The van der Waals surface area contributed by atoms with Crippen LogP contribution in [0.5, 0.6) is 0 Å². The Labute approximate surface area is 149 Å². The molecule has 0 saturated carbocycles. The van der Waals surface area contributed by atoms with E-state index in [1.807, 2.05) is 12.3 Å². The summed E-state index contributed by atoms with van der Waals surface area (Å²) in [6, 6.07) is 10.2. The summed E-state index contributed by atoms with van der Waals surface area (Å²) in [7, 11) is 0. The van der Waals surface area contributed by atoms with Crippen molar-refractivity contribution in [2.75, 3.05) is 6.54 Å². The molecule has 1 fully saturated rings. The average Bonchev–Trinajstić information content (AvgIpc) is 3.10. The SMILES string of the molecule is N#Cc1cccc(-c2cnc3oc(C4C(F)CCCN4C#N)nc3c2)c1. The maximum absolute atomic E-state index is 14.4. The summed E-state index contributed by atoms with van der Waals surface area (Å²) in [6.45, 7) is 0.486. The molecule has 1 saturated heterocycles. The Bertz CT molecular complexity index is 1050. The van der Waals surface area contributed by atoms with Crippen LogP contribution in [0.3, 0.4) is 0 Å². The van der Waals surface area contributed by atoms with E-state index < -0.39 is 12.2 Å². The molecule has 26 heavy (non-hydrogen) atoms. The van der Waals surface area contributed by atoms with Gasteiger partial charge in [-0.05, 0) is 36.6 Å². The van der Waals surface area contributed by atoms with E-state index in [9.17, 15) is 9.65 Å². The molecule has 0 bridgehead atoms. The van der Waals surface area contributed by atoms with E-state index in [2.05, 4.69) is 16.0 Å². The van der Waals surface area contributed by atoms with E-state index in [0.29, 0.717) is 36.2 Å². The number of pyridine rings is 1. The molecule has 0 aliphatic carbocycles. The minimum atomic E-state index is -1.21. The van der Waals surface area contributed by atoms with Crippen LogP contribution < -0.4 is 0 Å².